The van der Waals surface area contributed by atoms with Gasteiger partial charge in [-0.05, 0) is 56.6 Å². The first kappa shape index (κ1) is 12.5. The summed E-state index contributed by atoms with van der Waals surface area (Å²) in [6, 6.07) is 6.83. The van der Waals surface area contributed by atoms with Crippen LogP contribution in [0.1, 0.15) is 12.0 Å². The molecule has 0 bridgehead atoms. The fraction of sp³-hybridized carbons (Fsp3) is 0.571. The van der Waals surface area contributed by atoms with E-state index >= 15 is 0 Å². The summed E-state index contributed by atoms with van der Waals surface area (Å²) in [4.78, 5) is 2.38. The van der Waals surface area contributed by atoms with Crippen molar-refractivity contribution in [3.63, 3.8) is 0 Å². The maximum absolute atomic E-state index is 12.7. The van der Waals surface area contributed by atoms with Crippen molar-refractivity contribution < 1.29 is 4.39 Å². The summed E-state index contributed by atoms with van der Waals surface area (Å²) in [5, 5.41) is 3.39. The van der Waals surface area contributed by atoms with E-state index in [1.165, 1.54) is 24.1 Å². The minimum Gasteiger partial charge on any atom is -0.316 e. The summed E-state index contributed by atoms with van der Waals surface area (Å²) in [6.45, 7) is 4.52. The Hall–Kier alpha value is -0.930. The summed E-state index contributed by atoms with van der Waals surface area (Å²) in [5.74, 6) is 0.646. The Morgan fingerprint density at radius 2 is 2.12 bits per heavy atom. The zero-order chi connectivity index (χ0) is 12.1. The fourth-order valence-corrected chi connectivity index (χ4v) is 2.37. The normalized spacial score (nSPS) is 20.1. The molecule has 1 N–H and O–H groups in total. The van der Waals surface area contributed by atoms with E-state index in [1.807, 2.05) is 12.1 Å². The highest BCUT2D eigenvalue weighted by atomic mass is 19.1. The first-order valence-corrected chi connectivity index (χ1v) is 6.38. The quantitative estimate of drug-likeness (QED) is 0.840. The number of nitrogens with one attached hydrogen (secondary N) is 1. The monoisotopic (exact) mass is 236 g/mol. The Labute approximate surface area is 103 Å². The summed E-state index contributed by atoms with van der Waals surface area (Å²) in [5.41, 5.74) is 1.21. The molecule has 1 atom stereocenters. The van der Waals surface area contributed by atoms with Crippen LogP contribution in [0, 0.1) is 11.7 Å². The summed E-state index contributed by atoms with van der Waals surface area (Å²) in [7, 11) is 2.17. The smallest absolute Gasteiger partial charge is 0.123 e. The average Bonchev–Trinajstić information content (AvgIpc) is 2.81. The van der Waals surface area contributed by atoms with E-state index in [0.29, 0.717) is 0 Å². The molecule has 1 aromatic carbocycles. The Morgan fingerprint density at radius 3 is 2.76 bits per heavy atom. The first-order chi connectivity index (χ1) is 8.24. The van der Waals surface area contributed by atoms with Crippen LogP contribution in [0.25, 0.3) is 0 Å². The zero-order valence-electron chi connectivity index (χ0n) is 10.5. The lowest BCUT2D eigenvalue weighted by Crippen LogP contribution is -2.28. The van der Waals surface area contributed by atoms with Gasteiger partial charge in [-0.2, -0.15) is 0 Å². The van der Waals surface area contributed by atoms with Gasteiger partial charge in [-0.15, -0.1) is 0 Å². The molecule has 3 heteroatoms. The molecule has 1 fully saturated rings. The van der Waals surface area contributed by atoms with E-state index in [0.717, 1.165) is 38.5 Å². The topological polar surface area (TPSA) is 15.3 Å². The molecule has 0 aliphatic carbocycles. The third-order valence-corrected chi connectivity index (χ3v) is 3.43. The maximum Gasteiger partial charge on any atom is 0.123 e. The van der Waals surface area contributed by atoms with Crippen LogP contribution >= 0.6 is 0 Å². The SMILES string of the molecule is CN(CCc1ccc(F)cc1)CC1CCNC1. The van der Waals surface area contributed by atoms with Crippen LogP contribution in [0.2, 0.25) is 0 Å². The number of rotatable bonds is 5. The lowest BCUT2D eigenvalue weighted by Gasteiger charge is -2.20. The summed E-state index contributed by atoms with van der Waals surface area (Å²) < 4.78 is 12.7. The van der Waals surface area contributed by atoms with Gasteiger partial charge in [-0.3, -0.25) is 0 Å². The number of halogens is 1. The van der Waals surface area contributed by atoms with Crippen LogP contribution in [0.3, 0.4) is 0 Å². The van der Waals surface area contributed by atoms with Gasteiger partial charge in [-0.25, -0.2) is 4.39 Å². The molecule has 1 aromatic rings. The van der Waals surface area contributed by atoms with Crippen LogP contribution in [-0.4, -0.2) is 38.1 Å². The molecule has 2 rings (SSSR count). The average molecular weight is 236 g/mol. The van der Waals surface area contributed by atoms with Crippen LogP contribution in [0.5, 0.6) is 0 Å². The maximum atomic E-state index is 12.7. The van der Waals surface area contributed by atoms with Crippen molar-refractivity contribution >= 4 is 0 Å². The number of hydrogen-bond acceptors (Lipinski definition) is 2. The second kappa shape index (κ2) is 6.12. The standard InChI is InChI=1S/C14H21FN2/c1-17(11-13-6-8-16-10-13)9-7-12-2-4-14(15)5-3-12/h2-5,13,16H,6-11H2,1H3. The third kappa shape index (κ3) is 4.10. The summed E-state index contributed by atoms with van der Waals surface area (Å²) >= 11 is 0. The molecule has 1 unspecified atom stereocenters. The second-order valence-corrected chi connectivity index (χ2v) is 5.00. The van der Waals surface area contributed by atoms with Gasteiger partial charge >= 0.3 is 0 Å². The first-order valence-electron chi connectivity index (χ1n) is 6.38. The van der Waals surface area contributed by atoms with E-state index < -0.39 is 0 Å². The summed E-state index contributed by atoms with van der Waals surface area (Å²) in [6.07, 6.45) is 2.29. The molecule has 0 amide bonds. The van der Waals surface area contributed by atoms with Gasteiger partial charge in [0.05, 0.1) is 0 Å². The molecule has 0 aromatic heterocycles. The highest BCUT2D eigenvalue weighted by molar-refractivity contribution is 5.16. The van der Waals surface area contributed by atoms with E-state index in [9.17, 15) is 4.39 Å². The minimum absolute atomic E-state index is 0.154. The Balaban J connectivity index is 1.71. The minimum atomic E-state index is -0.154. The predicted molar refractivity (Wildman–Crippen MR) is 68.6 cm³/mol. The lowest BCUT2D eigenvalue weighted by molar-refractivity contribution is 0.288. The van der Waals surface area contributed by atoms with E-state index in [4.69, 9.17) is 0 Å². The molecule has 0 radical (unpaired) electrons. The number of benzene rings is 1. The van der Waals surface area contributed by atoms with Gasteiger partial charge in [0, 0.05) is 13.1 Å². The number of hydrogen-bond donors (Lipinski definition) is 1. The van der Waals surface area contributed by atoms with Crippen LogP contribution in [0.15, 0.2) is 24.3 Å². The van der Waals surface area contributed by atoms with Gasteiger partial charge in [-0.1, -0.05) is 12.1 Å². The van der Waals surface area contributed by atoms with E-state index in [1.54, 1.807) is 0 Å². The number of likely N-dealkylation sites (N-methyl/N-ethyl adjacent to an activating group) is 1. The predicted octanol–water partition coefficient (Wildman–Crippen LogP) is 1.91. The molecule has 0 saturated carbocycles. The second-order valence-electron chi connectivity index (χ2n) is 5.00. The highest BCUT2D eigenvalue weighted by Gasteiger charge is 2.15. The van der Waals surface area contributed by atoms with Gasteiger partial charge in [0.25, 0.3) is 0 Å². The van der Waals surface area contributed by atoms with Gasteiger partial charge in [0.2, 0.25) is 0 Å². The highest BCUT2D eigenvalue weighted by Crippen LogP contribution is 2.09. The third-order valence-electron chi connectivity index (χ3n) is 3.43. The van der Waals surface area contributed by atoms with Crippen LogP contribution in [-0.2, 0) is 6.42 Å². The van der Waals surface area contributed by atoms with Crippen molar-refractivity contribution in [2.45, 2.75) is 12.8 Å². The van der Waals surface area contributed by atoms with Crippen molar-refractivity contribution in [1.82, 2.24) is 10.2 Å². The molecular formula is C14H21FN2. The van der Waals surface area contributed by atoms with Gasteiger partial charge < -0.3 is 10.2 Å². The van der Waals surface area contributed by atoms with Crippen molar-refractivity contribution in [3.8, 4) is 0 Å². The van der Waals surface area contributed by atoms with Crippen LogP contribution in [0.4, 0.5) is 4.39 Å². The Bertz CT molecular complexity index is 331. The molecular weight excluding hydrogens is 215 g/mol. The molecule has 2 nitrogen and oxygen atoms in total. The van der Waals surface area contributed by atoms with Crippen molar-refractivity contribution in [2.75, 3.05) is 33.2 Å². The van der Waals surface area contributed by atoms with E-state index in [2.05, 4.69) is 17.3 Å². The Morgan fingerprint density at radius 1 is 1.35 bits per heavy atom. The molecule has 1 saturated heterocycles. The fourth-order valence-electron chi connectivity index (χ4n) is 2.37. The van der Waals surface area contributed by atoms with Crippen molar-refractivity contribution in [3.05, 3.63) is 35.6 Å². The van der Waals surface area contributed by atoms with Crippen molar-refractivity contribution in [2.24, 2.45) is 5.92 Å². The molecule has 1 heterocycles. The van der Waals surface area contributed by atoms with Crippen molar-refractivity contribution in [1.29, 1.82) is 0 Å². The van der Waals surface area contributed by atoms with E-state index in [-0.39, 0.29) is 5.82 Å². The lowest BCUT2D eigenvalue weighted by atomic mass is 10.1. The van der Waals surface area contributed by atoms with Gasteiger partial charge in [0.1, 0.15) is 5.82 Å². The van der Waals surface area contributed by atoms with Gasteiger partial charge in [0.15, 0.2) is 0 Å². The molecule has 0 spiro atoms. The molecule has 17 heavy (non-hydrogen) atoms. The zero-order valence-corrected chi connectivity index (χ0v) is 10.5. The molecule has 94 valence electrons. The Kier molecular flexibility index (Phi) is 4.51. The van der Waals surface area contributed by atoms with Crippen LogP contribution < -0.4 is 5.32 Å². The molecule has 1 aliphatic heterocycles. The molecule has 1 aliphatic rings. The largest absolute Gasteiger partial charge is 0.316 e. The number of nitrogens with zero attached hydrogens (tertiary/aromatic N) is 1.